The molecule has 24 heavy (non-hydrogen) atoms. The lowest BCUT2D eigenvalue weighted by molar-refractivity contribution is 0.270. The molecule has 1 saturated heterocycles. The first-order valence-electron chi connectivity index (χ1n) is 8.76. The van der Waals surface area contributed by atoms with Gasteiger partial charge in [-0.2, -0.15) is 0 Å². The third-order valence-electron chi connectivity index (χ3n) is 5.07. The maximum absolute atomic E-state index is 5.51. The number of hydrogen-bond acceptors (Lipinski definition) is 4. The van der Waals surface area contributed by atoms with E-state index in [1.165, 1.54) is 22.4 Å². The zero-order chi connectivity index (χ0) is 16.4. The van der Waals surface area contributed by atoms with Gasteiger partial charge in [0, 0.05) is 57.1 Å². The monoisotopic (exact) mass is 323 g/mol. The Hall–Kier alpha value is -2.04. The number of hydrogen-bond donors (Lipinski definition) is 1. The summed E-state index contributed by atoms with van der Waals surface area (Å²) in [4.78, 5) is 5.04. The Kier molecular flexibility index (Phi) is 4.41. The lowest BCUT2D eigenvalue weighted by Crippen LogP contribution is -2.43. The van der Waals surface area contributed by atoms with Crippen molar-refractivity contribution in [2.75, 3.05) is 38.2 Å². The SMILES string of the molecule is COc1ccccc1CN1Cc2cccc(N3CCNCC3)c2C1. The Morgan fingerprint density at radius 3 is 2.67 bits per heavy atom. The fraction of sp³-hybridized carbons (Fsp3) is 0.400. The second-order valence-corrected chi connectivity index (χ2v) is 6.61. The van der Waals surface area contributed by atoms with Crippen LogP contribution in [0.3, 0.4) is 0 Å². The van der Waals surface area contributed by atoms with E-state index in [0.717, 1.165) is 51.6 Å². The summed E-state index contributed by atoms with van der Waals surface area (Å²) in [6.07, 6.45) is 0. The van der Waals surface area contributed by atoms with Gasteiger partial charge in [0.2, 0.25) is 0 Å². The molecule has 0 atom stereocenters. The molecule has 1 N–H and O–H groups in total. The number of nitrogens with one attached hydrogen (secondary N) is 1. The average Bonchev–Trinajstić information content (AvgIpc) is 3.05. The highest BCUT2D eigenvalue weighted by atomic mass is 16.5. The van der Waals surface area contributed by atoms with Crippen LogP contribution in [0.15, 0.2) is 42.5 Å². The van der Waals surface area contributed by atoms with Crippen molar-refractivity contribution in [3.8, 4) is 5.75 Å². The number of rotatable bonds is 4. The summed E-state index contributed by atoms with van der Waals surface area (Å²) in [6, 6.07) is 15.1. The fourth-order valence-electron chi connectivity index (χ4n) is 3.86. The summed E-state index contributed by atoms with van der Waals surface area (Å²) >= 11 is 0. The Morgan fingerprint density at radius 1 is 1.00 bits per heavy atom. The largest absolute Gasteiger partial charge is 0.496 e. The summed E-state index contributed by atoms with van der Waals surface area (Å²) in [5.74, 6) is 0.982. The summed E-state index contributed by atoms with van der Waals surface area (Å²) in [6.45, 7) is 7.33. The summed E-state index contributed by atoms with van der Waals surface area (Å²) < 4.78 is 5.51. The summed E-state index contributed by atoms with van der Waals surface area (Å²) in [5.41, 5.74) is 5.67. The van der Waals surface area contributed by atoms with E-state index in [2.05, 4.69) is 45.4 Å². The van der Waals surface area contributed by atoms with E-state index < -0.39 is 0 Å². The minimum atomic E-state index is 0.930. The number of fused-ring (bicyclic) bond motifs is 1. The van der Waals surface area contributed by atoms with Crippen LogP contribution in [0.5, 0.6) is 5.75 Å². The van der Waals surface area contributed by atoms with Crippen molar-refractivity contribution < 1.29 is 4.74 Å². The van der Waals surface area contributed by atoms with Crippen molar-refractivity contribution in [3.05, 3.63) is 59.2 Å². The van der Waals surface area contributed by atoms with Crippen molar-refractivity contribution in [1.29, 1.82) is 0 Å². The van der Waals surface area contributed by atoms with Gasteiger partial charge in [-0.3, -0.25) is 4.90 Å². The molecule has 0 saturated carbocycles. The van der Waals surface area contributed by atoms with Gasteiger partial charge < -0.3 is 15.0 Å². The molecule has 2 aromatic carbocycles. The second kappa shape index (κ2) is 6.83. The molecule has 0 radical (unpaired) electrons. The topological polar surface area (TPSA) is 27.7 Å². The number of benzene rings is 2. The average molecular weight is 323 g/mol. The van der Waals surface area contributed by atoms with Gasteiger partial charge in [-0.15, -0.1) is 0 Å². The normalized spacial score (nSPS) is 17.8. The van der Waals surface area contributed by atoms with Crippen molar-refractivity contribution >= 4 is 5.69 Å². The molecule has 0 bridgehead atoms. The van der Waals surface area contributed by atoms with Gasteiger partial charge >= 0.3 is 0 Å². The van der Waals surface area contributed by atoms with Gasteiger partial charge in [-0.05, 0) is 23.3 Å². The molecule has 2 aromatic rings. The Balaban J connectivity index is 1.53. The standard InChI is InChI=1S/C20H25N3O/c1-24-20-8-3-2-5-17(20)14-22-13-16-6-4-7-19(18(16)15-22)23-11-9-21-10-12-23/h2-8,21H,9-15H2,1H3. The molecule has 4 rings (SSSR count). The van der Waals surface area contributed by atoms with Crippen molar-refractivity contribution in [1.82, 2.24) is 10.2 Å². The van der Waals surface area contributed by atoms with Gasteiger partial charge in [0.15, 0.2) is 0 Å². The zero-order valence-electron chi connectivity index (χ0n) is 14.3. The van der Waals surface area contributed by atoms with Crippen LogP contribution in [-0.4, -0.2) is 38.2 Å². The molecule has 126 valence electrons. The van der Waals surface area contributed by atoms with Crippen LogP contribution in [0.2, 0.25) is 0 Å². The number of para-hydroxylation sites is 1. The molecule has 2 aliphatic rings. The Bertz CT molecular complexity index is 710. The second-order valence-electron chi connectivity index (χ2n) is 6.61. The maximum atomic E-state index is 5.51. The smallest absolute Gasteiger partial charge is 0.123 e. The molecule has 1 fully saturated rings. The molecular weight excluding hydrogens is 298 g/mol. The number of piperazine rings is 1. The van der Waals surface area contributed by atoms with Crippen molar-refractivity contribution in [2.45, 2.75) is 19.6 Å². The van der Waals surface area contributed by atoms with E-state index in [4.69, 9.17) is 4.74 Å². The van der Waals surface area contributed by atoms with E-state index in [1.54, 1.807) is 7.11 Å². The van der Waals surface area contributed by atoms with Crippen molar-refractivity contribution in [3.63, 3.8) is 0 Å². The molecule has 0 aliphatic carbocycles. The summed E-state index contributed by atoms with van der Waals surface area (Å²) in [5, 5.41) is 3.44. The number of anilines is 1. The first-order chi connectivity index (χ1) is 11.8. The minimum absolute atomic E-state index is 0.930. The van der Waals surface area contributed by atoms with E-state index in [9.17, 15) is 0 Å². The third kappa shape index (κ3) is 2.99. The van der Waals surface area contributed by atoms with E-state index in [-0.39, 0.29) is 0 Å². The van der Waals surface area contributed by atoms with Crippen LogP contribution < -0.4 is 15.0 Å². The number of methoxy groups -OCH3 is 1. The van der Waals surface area contributed by atoms with Crippen LogP contribution in [0.25, 0.3) is 0 Å². The number of ether oxygens (including phenoxy) is 1. The molecular formula is C20H25N3O. The van der Waals surface area contributed by atoms with Gasteiger partial charge in [0.25, 0.3) is 0 Å². The molecule has 2 aliphatic heterocycles. The lowest BCUT2D eigenvalue weighted by Gasteiger charge is -2.31. The molecule has 4 nitrogen and oxygen atoms in total. The molecule has 0 unspecified atom stereocenters. The quantitative estimate of drug-likeness (QED) is 0.936. The van der Waals surface area contributed by atoms with Gasteiger partial charge in [0.05, 0.1) is 7.11 Å². The predicted molar refractivity (Wildman–Crippen MR) is 97.5 cm³/mol. The molecule has 0 spiro atoms. The lowest BCUT2D eigenvalue weighted by atomic mass is 10.1. The van der Waals surface area contributed by atoms with Crippen LogP contribution in [-0.2, 0) is 19.6 Å². The predicted octanol–water partition coefficient (Wildman–Crippen LogP) is 2.62. The van der Waals surface area contributed by atoms with Gasteiger partial charge in [-0.1, -0.05) is 30.3 Å². The summed E-state index contributed by atoms with van der Waals surface area (Å²) in [7, 11) is 1.75. The highest BCUT2D eigenvalue weighted by Gasteiger charge is 2.25. The van der Waals surface area contributed by atoms with Crippen molar-refractivity contribution in [2.24, 2.45) is 0 Å². The molecule has 2 heterocycles. The van der Waals surface area contributed by atoms with Gasteiger partial charge in [-0.25, -0.2) is 0 Å². The molecule has 4 heteroatoms. The van der Waals surface area contributed by atoms with Crippen LogP contribution >= 0.6 is 0 Å². The Morgan fingerprint density at radius 2 is 1.83 bits per heavy atom. The fourth-order valence-corrected chi connectivity index (χ4v) is 3.86. The zero-order valence-corrected chi connectivity index (χ0v) is 14.3. The maximum Gasteiger partial charge on any atom is 0.123 e. The van der Waals surface area contributed by atoms with E-state index >= 15 is 0 Å². The van der Waals surface area contributed by atoms with E-state index in [1.807, 2.05) is 12.1 Å². The van der Waals surface area contributed by atoms with Crippen LogP contribution in [0, 0.1) is 0 Å². The highest BCUT2D eigenvalue weighted by molar-refractivity contribution is 5.58. The van der Waals surface area contributed by atoms with E-state index in [0.29, 0.717) is 0 Å². The number of nitrogens with zero attached hydrogens (tertiary/aromatic N) is 2. The first-order valence-corrected chi connectivity index (χ1v) is 8.76. The van der Waals surface area contributed by atoms with Crippen LogP contribution in [0.4, 0.5) is 5.69 Å². The minimum Gasteiger partial charge on any atom is -0.496 e. The molecule has 0 amide bonds. The highest BCUT2D eigenvalue weighted by Crippen LogP contribution is 2.33. The first kappa shape index (κ1) is 15.5. The Labute approximate surface area is 144 Å². The third-order valence-corrected chi connectivity index (χ3v) is 5.07. The molecule has 0 aromatic heterocycles. The van der Waals surface area contributed by atoms with Crippen LogP contribution in [0.1, 0.15) is 16.7 Å². The van der Waals surface area contributed by atoms with Gasteiger partial charge in [0.1, 0.15) is 5.75 Å².